The number of aromatic nitrogens is 2. The van der Waals surface area contributed by atoms with Crippen LogP contribution in [0.2, 0.25) is 0 Å². The van der Waals surface area contributed by atoms with Crippen LogP contribution in [-0.4, -0.2) is 41.4 Å². The Bertz CT molecular complexity index is 268. The minimum absolute atomic E-state index is 0.136. The highest BCUT2D eigenvalue weighted by molar-refractivity contribution is 5.75. The fourth-order valence-electron chi connectivity index (χ4n) is 1.02. The standard InChI is InChI=1S/C9H16N4O/c1-13(2)9(14)3-4-10-7-8-11-5-6-12-8/h5-6,10H,3-4,7H2,1-2H3,(H,11,12). The van der Waals surface area contributed by atoms with Crippen molar-refractivity contribution in [2.75, 3.05) is 20.6 Å². The molecule has 0 saturated carbocycles. The van der Waals surface area contributed by atoms with Crippen LogP contribution in [0.15, 0.2) is 12.4 Å². The number of aromatic amines is 1. The summed E-state index contributed by atoms with van der Waals surface area (Å²) in [5.41, 5.74) is 0. The molecule has 0 bridgehead atoms. The first kappa shape index (κ1) is 10.7. The summed E-state index contributed by atoms with van der Waals surface area (Å²) in [6.45, 7) is 1.35. The average molecular weight is 196 g/mol. The summed E-state index contributed by atoms with van der Waals surface area (Å²) in [5, 5.41) is 3.13. The number of carbonyl (C=O) groups is 1. The molecule has 0 aliphatic carbocycles. The van der Waals surface area contributed by atoms with Crippen LogP contribution in [0.4, 0.5) is 0 Å². The number of hydrogen-bond acceptors (Lipinski definition) is 3. The Hall–Kier alpha value is -1.36. The Kier molecular flexibility index (Phi) is 4.12. The predicted octanol–water partition coefficient (Wildman–Crippen LogP) is -0.0224. The van der Waals surface area contributed by atoms with Gasteiger partial charge in [-0.15, -0.1) is 0 Å². The van der Waals surface area contributed by atoms with E-state index in [1.807, 2.05) is 0 Å². The van der Waals surface area contributed by atoms with E-state index in [1.54, 1.807) is 31.4 Å². The molecule has 1 aromatic heterocycles. The molecule has 1 rings (SSSR count). The summed E-state index contributed by atoms with van der Waals surface area (Å²) >= 11 is 0. The minimum atomic E-state index is 0.136. The van der Waals surface area contributed by atoms with Crippen LogP contribution in [-0.2, 0) is 11.3 Å². The zero-order valence-electron chi connectivity index (χ0n) is 8.58. The van der Waals surface area contributed by atoms with E-state index >= 15 is 0 Å². The van der Waals surface area contributed by atoms with Crippen LogP contribution >= 0.6 is 0 Å². The Morgan fingerprint density at radius 1 is 1.64 bits per heavy atom. The van der Waals surface area contributed by atoms with Crippen LogP contribution in [0.3, 0.4) is 0 Å². The average Bonchev–Trinajstić information content (AvgIpc) is 2.64. The number of rotatable bonds is 5. The third kappa shape index (κ3) is 3.57. The lowest BCUT2D eigenvalue weighted by atomic mass is 10.4. The molecule has 0 spiro atoms. The van der Waals surface area contributed by atoms with Gasteiger partial charge in [-0.25, -0.2) is 4.98 Å². The molecule has 0 aliphatic rings. The molecule has 0 atom stereocenters. The van der Waals surface area contributed by atoms with Gasteiger partial charge < -0.3 is 15.2 Å². The molecule has 0 aromatic carbocycles. The second kappa shape index (κ2) is 5.39. The first-order chi connectivity index (χ1) is 6.70. The highest BCUT2D eigenvalue weighted by Crippen LogP contribution is 1.88. The molecule has 1 aromatic rings. The summed E-state index contributed by atoms with van der Waals surface area (Å²) < 4.78 is 0. The van der Waals surface area contributed by atoms with Gasteiger partial charge in [0.2, 0.25) is 5.91 Å². The van der Waals surface area contributed by atoms with Crippen LogP contribution < -0.4 is 5.32 Å². The SMILES string of the molecule is CN(C)C(=O)CCNCc1ncc[nH]1. The molecule has 1 amide bonds. The summed E-state index contributed by atoms with van der Waals surface area (Å²) in [5.74, 6) is 1.03. The molecule has 0 radical (unpaired) electrons. The van der Waals surface area contributed by atoms with Gasteiger partial charge in [0.05, 0.1) is 6.54 Å². The number of H-pyrrole nitrogens is 1. The van der Waals surface area contributed by atoms with E-state index in [-0.39, 0.29) is 5.91 Å². The van der Waals surface area contributed by atoms with Crippen molar-refractivity contribution >= 4 is 5.91 Å². The molecule has 78 valence electrons. The summed E-state index contributed by atoms with van der Waals surface area (Å²) in [4.78, 5) is 19.8. The summed E-state index contributed by atoms with van der Waals surface area (Å²) in [7, 11) is 3.52. The van der Waals surface area contributed by atoms with Crippen molar-refractivity contribution < 1.29 is 4.79 Å². The number of amides is 1. The Morgan fingerprint density at radius 2 is 2.43 bits per heavy atom. The molecular formula is C9H16N4O. The minimum Gasteiger partial charge on any atom is -0.349 e. The third-order valence-corrected chi connectivity index (χ3v) is 1.86. The lowest BCUT2D eigenvalue weighted by Gasteiger charge is -2.09. The Morgan fingerprint density at radius 3 is 3.00 bits per heavy atom. The fraction of sp³-hybridized carbons (Fsp3) is 0.556. The molecular weight excluding hydrogens is 180 g/mol. The quantitative estimate of drug-likeness (QED) is 0.650. The molecule has 1 heterocycles. The Labute approximate surface area is 83.5 Å². The monoisotopic (exact) mass is 196 g/mol. The molecule has 5 heteroatoms. The van der Waals surface area contributed by atoms with Gasteiger partial charge in [-0.05, 0) is 0 Å². The maximum absolute atomic E-state index is 11.2. The number of imidazole rings is 1. The maximum atomic E-state index is 11.2. The van der Waals surface area contributed by atoms with E-state index in [0.717, 1.165) is 5.82 Å². The summed E-state index contributed by atoms with van der Waals surface area (Å²) in [6, 6.07) is 0. The normalized spacial score (nSPS) is 10.1. The van der Waals surface area contributed by atoms with Gasteiger partial charge in [-0.1, -0.05) is 0 Å². The van der Waals surface area contributed by atoms with E-state index in [0.29, 0.717) is 19.5 Å². The zero-order valence-corrected chi connectivity index (χ0v) is 8.58. The van der Waals surface area contributed by atoms with Crippen molar-refractivity contribution in [3.8, 4) is 0 Å². The number of carbonyl (C=O) groups excluding carboxylic acids is 1. The van der Waals surface area contributed by atoms with Crippen molar-refractivity contribution in [2.24, 2.45) is 0 Å². The first-order valence-electron chi connectivity index (χ1n) is 4.59. The van der Waals surface area contributed by atoms with E-state index in [9.17, 15) is 4.79 Å². The van der Waals surface area contributed by atoms with Crippen LogP contribution in [0.1, 0.15) is 12.2 Å². The molecule has 14 heavy (non-hydrogen) atoms. The molecule has 0 fully saturated rings. The largest absolute Gasteiger partial charge is 0.349 e. The smallest absolute Gasteiger partial charge is 0.223 e. The van der Waals surface area contributed by atoms with E-state index in [1.165, 1.54) is 0 Å². The van der Waals surface area contributed by atoms with Crippen molar-refractivity contribution in [1.82, 2.24) is 20.2 Å². The van der Waals surface area contributed by atoms with Gasteiger partial charge in [-0.3, -0.25) is 4.79 Å². The molecule has 5 nitrogen and oxygen atoms in total. The lowest BCUT2D eigenvalue weighted by molar-refractivity contribution is -0.128. The molecule has 2 N–H and O–H groups in total. The molecule has 0 saturated heterocycles. The van der Waals surface area contributed by atoms with Gasteiger partial charge >= 0.3 is 0 Å². The van der Waals surface area contributed by atoms with Crippen LogP contribution in [0.25, 0.3) is 0 Å². The van der Waals surface area contributed by atoms with Gasteiger partial charge in [-0.2, -0.15) is 0 Å². The van der Waals surface area contributed by atoms with Crippen LogP contribution in [0, 0.1) is 0 Å². The third-order valence-electron chi connectivity index (χ3n) is 1.86. The Balaban J connectivity index is 2.08. The second-order valence-corrected chi connectivity index (χ2v) is 3.25. The van der Waals surface area contributed by atoms with Gasteiger partial charge in [0.15, 0.2) is 0 Å². The van der Waals surface area contributed by atoms with Crippen molar-refractivity contribution in [1.29, 1.82) is 0 Å². The maximum Gasteiger partial charge on any atom is 0.223 e. The van der Waals surface area contributed by atoms with E-state index in [4.69, 9.17) is 0 Å². The lowest BCUT2D eigenvalue weighted by Crippen LogP contribution is -2.26. The number of nitrogens with one attached hydrogen (secondary N) is 2. The zero-order chi connectivity index (χ0) is 10.4. The van der Waals surface area contributed by atoms with Gasteiger partial charge in [0, 0.05) is 39.5 Å². The number of nitrogens with zero attached hydrogens (tertiary/aromatic N) is 2. The first-order valence-corrected chi connectivity index (χ1v) is 4.59. The topological polar surface area (TPSA) is 61.0 Å². The summed E-state index contributed by atoms with van der Waals surface area (Å²) in [6.07, 6.45) is 4.01. The van der Waals surface area contributed by atoms with E-state index in [2.05, 4.69) is 15.3 Å². The van der Waals surface area contributed by atoms with Crippen molar-refractivity contribution in [2.45, 2.75) is 13.0 Å². The molecule has 0 unspecified atom stereocenters. The predicted molar refractivity (Wildman–Crippen MR) is 53.6 cm³/mol. The van der Waals surface area contributed by atoms with Crippen molar-refractivity contribution in [3.63, 3.8) is 0 Å². The van der Waals surface area contributed by atoms with Gasteiger partial charge in [0.25, 0.3) is 0 Å². The second-order valence-electron chi connectivity index (χ2n) is 3.25. The molecule has 0 aliphatic heterocycles. The van der Waals surface area contributed by atoms with Crippen molar-refractivity contribution in [3.05, 3.63) is 18.2 Å². The number of hydrogen-bond donors (Lipinski definition) is 2. The van der Waals surface area contributed by atoms with Gasteiger partial charge in [0.1, 0.15) is 5.82 Å². The van der Waals surface area contributed by atoms with Crippen LogP contribution in [0.5, 0.6) is 0 Å². The highest BCUT2D eigenvalue weighted by atomic mass is 16.2. The highest BCUT2D eigenvalue weighted by Gasteiger charge is 2.02. The van der Waals surface area contributed by atoms with E-state index < -0.39 is 0 Å². The fourth-order valence-corrected chi connectivity index (χ4v) is 1.02.